The van der Waals surface area contributed by atoms with Crippen LogP contribution in [0.2, 0.25) is 0 Å². The van der Waals surface area contributed by atoms with E-state index in [0.29, 0.717) is 0 Å². The van der Waals surface area contributed by atoms with E-state index in [4.69, 9.17) is 0 Å². The molecule has 2 aliphatic rings. The van der Waals surface area contributed by atoms with Crippen LogP contribution in [0.4, 0.5) is 17.1 Å². The molecule has 310 valence electrons. The van der Waals surface area contributed by atoms with Crippen LogP contribution in [-0.2, 0) is 10.8 Å². The smallest absolute Gasteiger partial charge is 0.0471 e. The van der Waals surface area contributed by atoms with Crippen LogP contribution in [0.25, 0.3) is 77.5 Å². The van der Waals surface area contributed by atoms with Crippen LogP contribution in [0.5, 0.6) is 0 Å². The van der Waals surface area contributed by atoms with Gasteiger partial charge in [0.2, 0.25) is 0 Å². The van der Waals surface area contributed by atoms with Crippen LogP contribution in [0.1, 0.15) is 49.9 Å². The molecular formula is C64H49N. The van der Waals surface area contributed by atoms with Crippen molar-refractivity contribution in [3.63, 3.8) is 0 Å². The van der Waals surface area contributed by atoms with Crippen molar-refractivity contribution < 1.29 is 0 Å². The summed E-state index contributed by atoms with van der Waals surface area (Å²) in [6.07, 6.45) is 0. The lowest BCUT2D eigenvalue weighted by atomic mass is 9.79. The minimum absolute atomic E-state index is 0.108. The van der Waals surface area contributed by atoms with Gasteiger partial charge in [0.05, 0.1) is 0 Å². The molecule has 1 heteroatoms. The van der Waals surface area contributed by atoms with Gasteiger partial charge in [-0.15, -0.1) is 0 Å². The van der Waals surface area contributed by atoms with E-state index in [0.717, 1.165) is 17.1 Å². The largest absolute Gasteiger partial charge is 0.310 e. The molecule has 0 saturated carbocycles. The van der Waals surface area contributed by atoms with Crippen LogP contribution in [0.15, 0.2) is 224 Å². The van der Waals surface area contributed by atoms with E-state index in [1.54, 1.807) is 0 Å². The third kappa shape index (κ3) is 6.29. The van der Waals surface area contributed by atoms with Crippen molar-refractivity contribution in [2.24, 2.45) is 0 Å². The second-order valence-electron chi connectivity index (χ2n) is 18.9. The van der Waals surface area contributed by atoms with E-state index in [1.165, 1.54) is 99.8 Å². The molecule has 0 bridgehead atoms. The average Bonchev–Trinajstić information content (AvgIpc) is 3.72. The highest BCUT2D eigenvalue weighted by molar-refractivity contribution is 6.00. The number of anilines is 3. The minimum Gasteiger partial charge on any atom is -0.310 e. The molecule has 0 spiro atoms. The van der Waals surface area contributed by atoms with Gasteiger partial charge in [0.15, 0.2) is 0 Å². The molecule has 65 heavy (non-hydrogen) atoms. The van der Waals surface area contributed by atoms with E-state index >= 15 is 0 Å². The number of nitrogens with zero attached hydrogens (tertiary/aromatic N) is 1. The van der Waals surface area contributed by atoms with E-state index in [-0.39, 0.29) is 10.8 Å². The molecule has 0 unspecified atom stereocenters. The molecule has 2 aliphatic carbocycles. The molecule has 0 radical (unpaired) electrons. The fourth-order valence-corrected chi connectivity index (χ4v) is 11.0. The monoisotopic (exact) mass is 831 g/mol. The van der Waals surface area contributed by atoms with Gasteiger partial charge in [0.1, 0.15) is 0 Å². The summed E-state index contributed by atoms with van der Waals surface area (Å²) in [7, 11) is 0. The highest BCUT2D eigenvalue weighted by Crippen LogP contribution is 2.59. The molecule has 0 aliphatic heterocycles. The number of fused-ring (bicyclic) bond motifs is 7. The first-order chi connectivity index (χ1) is 31.7. The van der Waals surface area contributed by atoms with E-state index in [1.807, 2.05) is 0 Å². The van der Waals surface area contributed by atoms with Gasteiger partial charge in [-0.2, -0.15) is 0 Å². The summed E-state index contributed by atoms with van der Waals surface area (Å²) < 4.78 is 0. The summed E-state index contributed by atoms with van der Waals surface area (Å²) in [5.41, 5.74) is 23.7. The summed E-state index contributed by atoms with van der Waals surface area (Å²) >= 11 is 0. The lowest BCUT2D eigenvalue weighted by Crippen LogP contribution is -2.17. The summed E-state index contributed by atoms with van der Waals surface area (Å²) in [4.78, 5) is 2.45. The molecule has 12 rings (SSSR count). The zero-order chi connectivity index (χ0) is 43.9. The second kappa shape index (κ2) is 14.9. The Hall–Kier alpha value is -7.74. The van der Waals surface area contributed by atoms with Crippen molar-refractivity contribution in [3.8, 4) is 66.8 Å². The number of hydrogen-bond acceptors (Lipinski definition) is 1. The van der Waals surface area contributed by atoms with E-state index in [9.17, 15) is 0 Å². The average molecular weight is 832 g/mol. The van der Waals surface area contributed by atoms with Crippen molar-refractivity contribution in [1.29, 1.82) is 0 Å². The number of rotatable bonds is 7. The summed E-state index contributed by atoms with van der Waals surface area (Å²) in [5.74, 6) is 0. The first-order valence-corrected chi connectivity index (χ1v) is 22.9. The van der Waals surface area contributed by atoms with Crippen molar-refractivity contribution in [1.82, 2.24) is 0 Å². The lowest BCUT2D eigenvalue weighted by molar-refractivity contribution is 0.652. The minimum atomic E-state index is -0.269. The normalized spacial score (nSPS) is 13.8. The van der Waals surface area contributed by atoms with Gasteiger partial charge in [0, 0.05) is 27.9 Å². The van der Waals surface area contributed by atoms with E-state index in [2.05, 4.69) is 257 Å². The second-order valence-corrected chi connectivity index (χ2v) is 18.9. The lowest BCUT2D eigenvalue weighted by Gasteiger charge is -2.29. The molecule has 10 aromatic carbocycles. The Bertz CT molecular complexity index is 3340. The maximum Gasteiger partial charge on any atom is 0.0471 e. The predicted molar refractivity (Wildman–Crippen MR) is 276 cm³/mol. The van der Waals surface area contributed by atoms with Crippen molar-refractivity contribution >= 4 is 27.8 Å². The Morgan fingerprint density at radius 2 is 0.738 bits per heavy atom. The first-order valence-electron chi connectivity index (χ1n) is 22.9. The number of hydrogen-bond donors (Lipinski definition) is 0. The topological polar surface area (TPSA) is 3.24 Å². The number of benzene rings is 10. The molecule has 0 fully saturated rings. The van der Waals surface area contributed by atoms with Crippen LogP contribution in [0, 0.1) is 0 Å². The van der Waals surface area contributed by atoms with Crippen molar-refractivity contribution in [2.75, 3.05) is 4.90 Å². The van der Waals surface area contributed by atoms with Crippen LogP contribution < -0.4 is 4.90 Å². The molecule has 10 aromatic rings. The van der Waals surface area contributed by atoms with E-state index < -0.39 is 0 Å². The van der Waals surface area contributed by atoms with Gasteiger partial charge in [-0.25, -0.2) is 0 Å². The molecule has 0 heterocycles. The predicted octanol–water partition coefficient (Wildman–Crippen LogP) is 17.6. The van der Waals surface area contributed by atoms with Gasteiger partial charge in [0.25, 0.3) is 0 Å². The molecule has 0 amide bonds. The Morgan fingerprint density at radius 3 is 1.38 bits per heavy atom. The molecule has 0 saturated heterocycles. The van der Waals surface area contributed by atoms with Crippen LogP contribution in [0.3, 0.4) is 0 Å². The zero-order valence-electron chi connectivity index (χ0n) is 37.3. The highest BCUT2D eigenvalue weighted by atomic mass is 15.1. The maximum absolute atomic E-state index is 2.55. The molecule has 0 atom stereocenters. The molecule has 0 N–H and O–H groups in total. The zero-order valence-corrected chi connectivity index (χ0v) is 37.3. The summed E-state index contributed by atoms with van der Waals surface area (Å²) in [6.45, 7) is 9.65. The molecule has 0 aromatic heterocycles. The first kappa shape index (κ1) is 38.9. The van der Waals surface area contributed by atoms with Gasteiger partial charge < -0.3 is 4.90 Å². The third-order valence-corrected chi connectivity index (χ3v) is 14.5. The summed E-state index contributed by atoms with van der Waals surface area (Å²) in [5, 5.41) is 2.52. The Kier molecular flexibility index (Phi) is 8.94. The Labute approximate surface area is 383 Å². The fraction of sp³-hybridized carbons (Fsp3) is 0.0938. The van der Waals surface area contributed by atoms with Gasteiger partial charge in [-0.3, -0.25) is 0 Å². The van der Waals surface area contributed by atoms with Crippen LogP contribution in [-0.4, -0.2) is 0 Å². The summed E-state index contributed by atoms with van der Waals surface area (Å²) in [6, 6.07) is 83.2. The standard InChI is InChI=1S/C64H49N/c1-63(2)58-25-14-13-23-54(58)56-40-60-57(41-59(56)63)62-55(48-28-26-47(27-29-48)53-24-15-21-46-20-11-12-22-52(46)53)38-51(39-61(62)64(60,3)4)65(49-34-30-44(31-35-49)42-16-7-5-8-17-42)50-36-32-45(33-37-50)43-18-9-6-10-19-43/h5-41H,1-4H3. The van der Waals surface area contributed by atoms with Crippen molar-refractivity contribution in [3.05, 3.63) is 247 Å². The Morgan fingerprint density at radius 1 is 0.277 bits per heavy atom. The molecular weight excluding hydrogens is 783 g/mol. The molecule has 1 nitrogen and oxygen atoms in total. The fourth-order valence-electron chi connectivity index (χ4n) is 11.0. The van der Waals surface area contributed by atoms with Crippen molar-refractivity contribution in [2.45, 2.75) is 38.5 Å². The Balaban J connectivity index is 1.08. The van der Waals surface area contributed by atoms with Gasteiger partial charge in [-0.05, 0) is 148 Å². The third-order valence-electron chi connectivity index (χ3n) is 14.5. The SMILES string of the molecule is CC1(C)c2ccccc2-c2cc3c(cc21)-c1c(-c2ccc(-c4cccc5ccccc45)cc2)cc(N(c2ccc(-c4ccccc4)cc2)c2ccc(-c4ccccc4)cc2)cc1C3(C)C. The van der Waals surface area contributed by atoms with Crippen LogP contribution >= 0.6 is 0 Å². The maximum atomic E-state index is 2.55. The van der Waals surface area contributed by atoms with Gasteiger partial charge in [-0.1, -0.05) is 204 Å². The highest BCUT2D eigenvalue weighted by Gasteiger charge is 2.43. The van der Waals surface area contributed by atoms with Gasteiger partial charge >= 0.3 is 0 Å². The quantitative estimate of drug-likeness (QED) is 0.155.